The minimum absolute atomic E-state index is 0.0129. The number of nitrogen functional groups attached to an aromatic ring is 1. The van der Waals surface area contributed by atoms with E-state index in [1.165, 1.54) is 12.3 Å². The van der Waals surface area contributed by atoms with Crippen molar-refractivity contribution in [1.82, 2.24) is 9.55 Å². The van der Waals surface area contributed by atoms with E-state index in [1.807, 2.05) is 0 Å². The van der Waals surface area contributed by atoms with Crippen LogP contribution in [0.25, 0.3) is 0 Å². The highest BCUT2D eigenvalue weighted by Gasteiger charge is 2.45. The third-order valence-corrected chi connectivity index (χ3v) is 2.60. The third kappa shape index (κ3) is 2.02. The zero-order valence-electron chi connectivity index (χ0n) is 8.73. The van der Waals surface area contributed by atoms with Gasteiger partial charge in [-0.3, -0.25) is 4.57 Å². The summed E-state index contributed by atoms with van der Waals surface area (Å²) in [6.45, 7) is -0.533. The van der Waals surface area contributed by atoms with Crippen LogP contribution in [0, 0.1) is 0 Å². The molecule has 1 aromatic rings. The van der Waals surface area contributed by atoms with Crippen molar-refractivity contribution in [3.05, 3.63) is 22.7 Å². The molecule has 0 saturated carbocycles. The van der Waals surface area contributed by atoms with Crippen molar-refractivity contribution in [2.24, 2.45) is 0 Å². The summed E-state index contributed by atoms with van der Waals surface area (Å²) in [6.07, 6.45) is -4.42. The Hall–Kier alpha value is -1.51. The van der Waals surface area contributed by atoms with Gasteiger partial charge >= 0.3 is 5.69 Å². The molecule has 4 N–H and O–H groups in total. The van der Waals surface area contributed by atoms with Crippen LogP contribution in [0.2, 0.25) is 0 Å². The number of alkyl halides is 1. The van der Waals surface area contributed by atoms with Gasteiger partial charge in [0.25, 0.3) is 0 Å². The lowest BCUT2D eigenvalue weighted by Gasteiger charge is -2.15. The van der Waals surface area contributed by atoms with Gasteiger partial charge in [-0.05, 0) is 6.07 Å². The van der Waals surface area contributed by atoms with Gasteiger partial charge in [0.2, 0.25) is 0 Å². The zero-order chi connectivity index (χ0) is 12.6. The first kappa shape index (κ1) is 12.0. The molecule has 0 aliphatic carbocycles. The first-order chi connectivity index (χ1) is 8.04. The summed E-state index contributed by atoms with van der Waals surface area (Å²) in [6, 6.07) is 1.32. The topological polar surface area (TPSA) is 111 Å². The van der Waals surface area contributed by atoms with E-state index in [0.29, 0.717) is 0 Å². The summed E-state index contributed by atoms with van der Waals surface area (Å²) in [5.41, 5.74) is 4.52. The molecule has 2 rings (SSSR count). The van der Waals surface area contributed by atoms with Crippen molar-refractivity contribution in [3.63, 3.8) is 0 Å². The van der Waals surface area contributed by atoms with Crippen molar-refractivity contribution >= 4 is 5.82 Å². The summed E-state index contributed by atoms with van der Waals surface area (Å²) in [5, 5.41) is 18.3. The van der Waals surface area contributed by atoms with E-state index in [2.05, 4.69) is 4.98 Å². The standard InChI is InChI=1S/C9H12FN3O4/c10-6-7(15)4(3-14)17-8(6)13-2-1-5(11)12-9(13)16/h1-2,4,6-8,14-15H,3H2,(H2,11,12,16)/t4?,6?,7-,8?/m0/s1. The molecule has 1 saturated heterocycles. The quantitative estimate of drug-likeness (QED) is 0.579. The fraction of sp³-hybridized carbons (Fsp3) is 0.556. The molecule has 17 heavy (non-hydrogen) atoms. The number of nitrogens with two attached hydrogens (primary N) is 1. The smallest absolute Gasteiger partial charge is 0.351 e. The fourth-order valence-corrected chi connectivity index (χ4v) is 1.70. The van der Waals surface area contributed by atoms with E-state index < -0.39 is 36.9 Å². The maximum atomic E-state index is 13.7. The largest absolute Gasteiger partial charge is 0.394 e. The molecule has 1 fully saturated rings. The summed E-state index contributed by atoms with van der Waals surface area (Å²) in [5.74, 6) is 0.0129. The third-order valence-electron chi connectivity index (χ3n) is 2.60. The molecule has 94 valence electrons. The molecule has 0 bridgehead atoms. The van der Waals surface area contributed by atoms with Gasteiger partial charge in [0.05, 0.1) is 6.61 Å². The van der Waals surface area contributed by atoms with E-state index in [-0.39, 0.29) is 5.82 Å². The molecule has 1 aromatic heterocycles. The molecule has 4 atom stereocenters. The van der Waals surface area contributed by atoms with Crippen molar-refractivity contribution in [1.29, 1.82) is 0 Å². The lowest BCUT2D eigenvalue weighted by Crippen LogP contribution is -2.33. The number of aliphatic hydroxyl groups is 2. The predicted octanol–water partition coefficient (Wildman–Crippen LogP) is -1.59. The Morgan fingerprint density at radius 3 is 2.88 bits per heavy atom. The van der Waals surface area contributed by atoms with Gasteiger partial charge in [-0.1, -0.05) is 0 Å². The second kappa shape index (κ2) is 4.40. The van der Waals surface area contributed by atoms with Gasteiger partial charge in [0.15, 0.2) is 12.4 Å². The number of aromatic nitrogens is 2. The highest BCUT2D eigenvalue weighted by molar-refractivity contribution is 5.23. The highest BCUT2D eigenvalue weighted by Crippen LogP contribution is 2.30. The van der Waals surface area contributed by atoms with Crippen molar-refractivity contribution in [3.8, 4) is 0 Å². The van der Waals surface area contributed by atoms with Crippen LogP contribution in [0.1, 0.15) is 6.23 Å². The highest BCUT2D eigenvalue weighted by atomic mass is 19.1. The van der Waals surface area contributed by atoms with Crippen LogP contribution in [0.15, 0.2) is 17.1 Å². The van der Waals surface area contributed by atoms with E-state index in [9.17, 15) is 14.3 Å². The molecule has 0 radical (unpaired) electrons. The number of anilines is 1. The van der Waals surface area contributed by atoms with Gasteiger partial charge in [-0.2, -0.15) is 4.98 Å². The lowest BCUT2D eigenvalue weighted by atomic mass is 10.1. The predicted molar refractivity (Wildman–Crippen MR) is 54.8 cm³/mol. The van der Waals surface area contributed by atoms with Crippen molar-refractivity contribution in [2.45, 2.75) is 24.6 Å². The minimum Gasteiger partial charge on any atom is -0.394 e. The van der Waals surface area contributed by atoms with E-state index in [4.69, 9.17) is 15.6 Å². The number of ether oxygens (including phenoxy) is 1. The van der Waals surface area contributed by atoms with Gasteiger partial charge < -0.3 is 20.7 Å². The van der Waals surface area contributed by atoms with Crippen LogP contribution in [0.3, 0.4) is 0 Å². The molecule has 0 amide bonds. The molecular formula is C9H12FN3O4. The number of halogens is 1. The molecular weight excluding hydrogens is 233 g/mol. The number of rotatable bonds is 2. The van der Waals surface area contributed by atoms with Crippen LogP contribution in [0.4, 0.5) is 10.2 Å². The van der Waals surface area contributed by atoms with Crippen LogP contribution in [-0.4, -0.2) is 44.8 Å². The molecule has 0 aromatic carbocycles. The summed E-state index contributed by atoms with van der Waals surface area (Å²) < 4.78 is 19.6. The number of hydrogen-bond donors (Lipinski definition) is 3. The molecule has 8 heteroatoms. The van der Waals surface area contributed by atoms with Crippen molar-refractivity contribution < 1.29 is 19.3 Å². The minimum atomic E-state index is -1.81. The maximum Gasteiger partial charge on any atom is 0.351 e. The Balaban J connectivity index is 2.32. The summed E-state index contributed by atoms with van der Waals surface area (Å²) in [4.78, 5) is 14.9. The number of aliphatic hydroxyl groups excluding tert-OH is 2. The number of nitrogens with zero attached hydrogens (tertiary/aromatic N) is 2. The molecule has 0 spiro atoms. The van der Waals surface area contributed by atoms with E-state index in [1.54, 1.807) is 0 Å². The monoisotopic (exact) mass is 245 g/mol. The van der Waals surface area contributed by atoms with Gasteiger partial charge in [-0.25, -0.2) is 9.18 Å². The molecule has 7 nitrogen and oxygen atoms in total. The van der Waals surface area contributed by atoms with Crippen molar-refractivity contribution in [2.75, 3.05) is 12.3 Å². The second-order valence-electron chi connectivity index (χ2n) is 3.72. The first-order valence-electron chi connectivity index (χ1n) is 4.97. The molecule has 3 unspecified atom stereocenters. The Morgan fingerprint density at radius 2 is 2.35 bits per heavy atom. The maximum absolute atomic E-state index is 13.7. The Labute approximate surface area is 95.3 Å². The molecule has 1 aliphatic rings. The lowest BCUT2D eigenvalue weighted by molar-refractivity contribution is -0.0490. The zero-order valence-corrected chi connectivity index (χ0v) is 8.73. The fourth-order valence-electron chi connectivity index (χ4n) is 1.70. The first-order valence-corrected chi connectivity index (χ1v) is 4.97. The second-order valence-corrected chi connectivity index (χ2v) is 3.72. The SMILES string of the molecule is Nc1ccn(C2OC(CO)[C@H](O)C2F)c(=O)n1. The summed E-state index contributed by atoms with van der Waals surface area (Å²) in [7, 11) is 0. The average molecular weight is 245 g/mol. The van der Waals surface area contributed by atoms with Crippen LogP contribution < -0.4 is 11.4 Å². The Bertz CT molecular complexity index is 466. The Kier molecular flexibility index (Phi) is 3.09. The van der Waals surface area contributed by atoms with Gasteiger partial charge in [0.1, 0.15) is 18.0 Å². The average Bonchev–Trinajstić information content (AvgIpc) is 2.57. The summed E-state index contributed by atoms with van der Waals surface area (Å²) >= 11 is 0. The van der Waals surface area contributed by atoms with Crippen LogP contribution in [0.5, 0.6) is 0 Å². The number of hydrogen-bond acceptors (Lipinski definition) is 6. The van der Waals surface area contributed by atoms with Gasteiger partial charge in [-0.15, -0.1) is 0 Å². The Morgan fingerprint density at radius 1 is 1.65 bits per heavy atom. The van der Waals surface area contributed by atoms with Crippen LogP contribution >= 0.6 is 0 Å². The van der Waals surface area contributed by atoms with E-state index in [0.717, 1.165) is 4.57 Å². The molecule has 1 aliphatic heterocycles. The van der Waals surface area contributed by atoms with E-state index >= 15 is 0 Å². The van der Waals surface area contributed by atoms with Crippen LogP contribution in [-0.2, 0) is 4.74 Å². The normalized spacial score (nSPS) is 32.9. The molecule has 2 heterocycles. The van der Waals surface area contributed by atoms with Gasteiger partial charge in [0, 0.05) is 6.20 Å².